The van der Waals surface area contributed by atoms with Crippen LogP contribution in [0.5, 0.6) is 0 Å². The summed E-state index contributed by atoms with van der Waals surface area (Å²) in [5.41, 5.74) is 4.82. The second-order valence-electron chi connectivity index (χ2n) is 5.75. The normalized spacial score (nSPS) is 12.1. The van der Waals surface area contributed by atoms with Crippen LogP contribution in [0.1, 0.15) is 23.1 Å². The minimum absolute atomic E-state index is 0.894. The predicted octanol–water partition coefficient (Wildman–Crippen LogP) is 5.90. The van der Waals surface area contributed by atoms with Crippen LogP contribution in [0.25, 0.3) is 5.57 Å². The molecule has 2 rings (SSSR count). The van der Waals surface area contributed by atoms with Gasteiger partial charge in [0.15, 0.2) is 0 Å². The minimum Gasteiger partial charge on any atom is -0.169 e. The zero-order valence-electron chi connectivity index (χ0n) is 12.8. The average molecular weight is 319 g/mol. The van der Waals surface area contributed by atoms with E-state index in [1.54, 1.807) is 0 Å². The second-order valence-corrected chi connectivity index (χ2v) is 11.5. The van der Waals surface area contributed by atoms with Crippen LogP contribution in [0.4, 0.5) is 0 Å². The van der Waals surface area contributed by atoms with Crippen molar-refractivity contribution in [2.45, 2.75) is 12.8 Å². The average Bonchev–Trinajstić information content (AvgIpc) is 2.47. The van der Waals surface area contributed by atoms with E-state index in [4.69, 9.17) is 10.7 Å². The summed E-state index contributed by atoms with van der Waals surface area (Å²) < 4.78 is 0. The molecular weight excluding hydrogens is 296 g/mol. The van der Waals surface area contributed by atoms with Gasteiger partial charge in [-0.1, -0.05) is 71.9 Å². The predicted molar refractivity (Wildman–Crippen MR) is 99.5 cm³/mol. The highest BCUT2D eigenvalue weighted by Crippen LogP contribution is 2.45. The van der Waals surface area contributed by atoms with Gasteiger partial charge in [0.1, 0.15) is 0 Å². The van der Waals surface area contributed by atoms with Crippen molar-refractivity contribution < 1.29 is 0 Å². The van der Waals surface area contributed by atoms with Gasteiger partial charge in [-0.25, -0.2) is 0 Å². The Hall–Kier alpha value is -1.18. The Morgan fingerprint density at radius 3 is 2.10 bits per heavy atom. The van der Waals surface area contributed by atoms with Crippen LogP contribution in [0.3, 0.4) is 0 Å². The summed E-state index contributed by atoms with van der Waals surface area (Å²) in [7, 11) is 5.41. The maximum Gasteiger partial charge on any atom is -0.0103 e. The smallest absolute Gasteiger partial charge is 0.0103 e. The van der Waals surface area contributed by atoms with Crippen molar-refractivity contribution in [1.82, 2.24) is 0 Å². The van der Waals surface area contributed by atoms with Gasteiger partial charge in [-0.3, -0.25) is 0 Å². The van der Waals surface area contributed by atoms with Crippen LogP contribution >= 0.6 is 19.9 Å². The number of rotatable bonds is 6. The fraction of sp³-hybridized carbons (Fsp3) is 0.263. The van der Waals surface area contributed by atoms with Gasteiger partial charge in [-0.2, -0.15) is 9.24 Å². The van der Waals surface area contributed by atoms with Crippen molar-refractivity contribution in [2.75, 3.05) is 18.3 Å². The molecule has 2 aromatic carbocycles. The molecule has 112 valence electrons. The lowest BCUT2D eigenvalue weighted by Gasteiger charge is -2.21. The highest BCUT2D eigenvalue weighted by atomic mass is 35.7. The van der Waals surface area contributed by atoms with E-state index >= 15 is 0 Å². The van der Waals surface area contributed by atoms with Crippen LogP contribution < -0.4 is 0 Å². The summed E-state index contributed by atoms with van der Waals surface area (Å²) in [4.78, 5) is 0. The summed E-state index contributed by atoms with van der Waals surface area (Å²) in [6.45, 7) is 4.21. The maximum absolute atomic E-state index is 6.31. The zero-order valence-corrected chi connectivity index (χ0v) is 14.4. The van der Waals surface area contributed by atoms with Crippen LogP contribution in [-0.2, 0) is 6.42 Å². The van der Waals surface area contributed by atoms with E-state index in [-0.39, 0.29) is 0 Å². The SMILES string of the molecule is C=C(c1ccccc1)c1ccc(CCCS(C)(C)Cl)cc1. The Bertz CT molecular complexity index is 579. The first-order valence-corrected chi connectivity index (χ1v) is 10.6. The molecule has 0 bridgehead atoms. The molecule has 0 aliphatic rings. The van der Waals surface area contributed by atoms with E-state index in [2.05, 4.69) is 55.5 Å². The summed E-state index contributed by atoms with van der Waals surface area (Å²) in [6.07, 6.45) is 6.56. The van der Waals surface area contributed by atoms with Gasteiger partial charge in [-0.15, -0.1) is 0 Å². The molecule has 0 saturated carbocycles. The molecule has 2 aromatic rings. The number of aryl methyl sites for hydroxylation is 1. The third-order valence-electron chi connectivity index (χ3n) is 3.52. The van der Waals surface area contributed by atoms with E-state index in [1.807, 2.05) is 18.2 Å². The largest absolute Gasteiger partial charge is 0.169 e. The summed E-state index contributed by atoms with van der Waals surface area (Å²) in [5, 5.41) is 0. The van der Waals surface area contributed by atoms with Crippen LogP contribution in [0.2, 0.25) is 0 Å². The standard InChI is InChI=1S/C19H23ClS/c1-16(18-9-5-4-6-10-18)19-13-11-17(12-14-19)8-7-15-21(2,3)20/h4-6,9-14H,1,7-8,15H2,2-3H3. The first-order chi connectivity index (χ1) is 9.96. The minimum atomic E-state index is -0.894. The van der Waals surface area contributed by atoms with Crippen LogP contribution in [-0.4, -0.2) is 18.3 Å². The highest BCUT2D eigenvalue weighted by Gasteiger charge is 2.07. The van der Waals surface area contributed by atoms with Gasteiger partial charge < -0.3 is 0 Å². The van der Waals surface area contributed by atoms with Crippen LogP contribution in [0, 0.1) is 0 Å². The van der Waals surface area contributed by atoms with E-state index in [1.165, 1.54) is 16.7 Å². The Kier molecular flexibility index (Phi) is 5.55. The van der Waals surface area contributed by atoms with E-state index in [9.17, 15) is 0 Å². The van der Waals surface area contributed by atoms with E-state index in [0.29, 0.717) is 0 Å². The molecule has 2 heteroatoms. The van der Waals surface area contributed by atoms with Crippen molar-refractivity contribution in [2.24, 2.45) is 0 Å². The van der Waals surface area contributed by atoms with Crippen molar-refractivity contribution in [1.29, 1.82) is 0 Å². The van der Waals surface area contributed by atoms with Gasteiger partial charge >= 0.3 is 0 Å². The van der Waals surface area contributed by atoms with Gasteiger partial charge in [0.2, 0.25) is 0 Å². The first-order valence-electron chi connectivity index (χ1n) is 7.20. The molecule has 0 heterocycles. The van der Waals surface area contributed by atoms with Crippen molar-refractivity contribution in [3.8, 4) is 0 Å². The molecule has 0 aromatic heterocycles. The fourth-order valence-electron chi connectivity index (χ4n) is 2.30. The molecule has 0 spiro atoms. The highest BCUT2D eigenvalue weighted by molar-refractivity contribution is 8.50. The molecule has 0 aliphatic heterocycles. The fourth-order valence-corrected chi connectivity index (χ4v) is 3.46. The van der Waals surface area contributed by atoms with E-state index < -0.39 is 9.24 Å². The molecular formula is C19H23ClS. The molecule has 0 fully saturated rings. The zero-order chi connectivity index (χ0) is 15.3. The Balaban J connectivity index is 1.98. The Morgan fingerprint density at radius 2 is 1.52 bits per heavy atom. The van der Waals surface area contributed by atoms with Crippen molar-refractivity contribution in [3.05, 3.63) is 77.9 Å². The Morgan fingerprint density at radius 1 is 0.952 bits per heavy atom. The number of benzene rings is 2. The van der Waals surface area contributed by atoms with Crippen molar-refractivity contribution in [3.63, 3.8) is 0 Å². The number of hydrogen-bond acceptors (Lipinski definition) is 0. The summed E-state index contributed by atoms with van der Waals surface area (Å²) in [6, 6.07) is 19.1. The van der Waals surface area contributed by atoms with Gasteiger partial charge in [0, 0.05) is 0 Å². The molecule has 0 atom stereocenters. The molecule has 0 unspecified atom stereocenters. The first kappa shape index (κ1) is 16.2. The maximum atomic E-state index is 6.31. The Labute approximate surface area is 134 Å². The molecule has 0 radical (unpaired) electrons. The summed E-state index contributed by atoms with van der Waals surface area (Å²) >= 11 is 0. The van der Waals surface area contributed by atoms with Crippen LogP contribution in [0.15, 0.2) is 61.2 Å². The molecule has 21 heavy (non-hydrogen) atoms. The lowest BCUT2D eigenvalue weighted by molar-refractivity contribution is 0.931. The van der Waals surface area contributed by atoms with E-state index in [0.717, 1.165) is 24.2 Å². The monoisotopic (exact) mass is 318 g/mol. The lowest BCUT2D eigenvalue weighted by Crippen LogP contribution is -1.96. The molecule has 0 aliphatic carbocycles. The van der Waals surface area contributed by atoms with Gasteiger partial charge in [0.05, 0.1) is 0 Å². The second kappa shape index (κ2) is 7.20. The lowest BCUT2D eigenvalue weighted by atomic mass is 9.98. The number of hydrogen-bond donors (Lipinski definition) is 0. The quantitative estimate of drug-likeness (QED) is 0.622. The molecule has 0 nitrogen and oxygen atoms in total. The third kappa shape index (κ3) is 5.26. The number of halogens is 1. The molecule has 0 amide bonds. The molecule has 0 N–H and O–H groups in total. The van der Waals surface area contributed by atoms with Gasteiger partial charge in [0.25, 0.3) is 0 Å². The van der Waals surface area contributed by atoms with Crippen molar-refractivity contribution >= 4 is 25.5 Å². The summed E-state index contributed by atoms with van der Waals surface area (Å²) in [5.74, 6) is 1.12. The topological polar surface area (TPSA) is 0 Å². The third-order valence-corrected chi connectivity index (χ3v) is 5.24. The molecule has 0 saturated heterocycles. The van der Waals surface area contributed by atoms with Gasteiger partial charge in [-0.05, 0) is 53.4 Å².